The molecule has 0 aliphatic rings. The smallest absolute Gasteiger partial charge is 0.273 e. The van der Waals surface area contributed by atoms with E-state index in [2.05, 4.69) is 20.5 Å². The molecule has 3 rings (SSSR count). The molecule has 0 bridgehead atoms. The first-order chi connectivity index (χ1) is 11.2. The zero-order chi connectivity index (χ0) is 16.2. The predicted molar refractivity (Wildman–Crippen MR) is 87.8 cm³/mol. The Kier molecular flexibility index (Phi) is 4.25. The van der Waals surface area contributed by atoms with Gasteiger partial charge in [-0.3, -0.25) is 14.9 Å². The van der Waals surface area contributed by atoms with Crippen LogP contribution in [0, 0.1) is 0 Å². The number of aromatic amines is 1. The van der Waals surface area contributed by atoms with Crippen LogP contribution in [0.15, 0.2) is 48.8 Å². The van der Waals surface area contributed by atoms with E-state index in [1.54, 1.807) is 36.7 Å². The van der Waals surface area contributed by atoms with Gasteiger partial charge < -0.3 is 10.1 Å². The van der Waals surface area contributed by atoms with E-state index in [4.69, 9.17) is 16.3 Å². The Morgan fingerprint density at radius 3 is 2.87 bits per heavy atom. The zero-order valence-electron chi connectivity index (χ0n) is 12.2. The van der Waals surface area contributed by atoms with Crippen molar-refractivity contribution in [2.75, 3.05) is 12.4 Å². The lowest BCUT2D eigenvalue weighted by atomic mass is 10.2. The van der Waals surface area contributed by atoms with Gasteiger partial charge in [-0.2, -0.15) is 5.10 Å². The molecule has 0 spiro atoms. The lowest BCUT2D eigenvalue weighted by Gasteiger charge is -2.07. The molecular formula is C16H13ClN4O2. The Morgan fingerprint density at radius 1 is 1.30 bits per heavy atom. The molecule has 116 valence electrons. The summed E-state index contributed by atoms with van der Waals surface area (Å²) in [6, 6.07) is 10.4. The fraction of sp³-hybridized carbons (Fsp3) is 0.0625. The molecule has 1 amide bonds. The molecule has 0 fully saturated rings. The number of anilines is 1. The minimum Gasteiger partial charge on any atom is -0.495 e. The summed E-state index contributed by atoms with van der Waals surface area (Å²) in [6.45, 7) is 0. The monoisotopic (exact) mass is 328 g/mol. The van der Waals surface area contributed by atoms with Gasteiger partial charge in [0.15, 0.2) is 0 Å². The van der Waals surface area contributed by atoms with Crippen LogP contribution in [0.25, 0.3) is 11.3 Å². The van der Waals surface area contributed by atoms with Crippen LogP contribution in [0.5, 0.6) is 5.75 Å². The molecule has 23 heavy (non-hydrogen) atoms. The van der Waals surface area contributed by atoms with E-state index < -0.39 is 0 Å². The Balaban J connectivity index is 1.76. The highest BCUT2D eigenvalue weighted by Gasteiger charge is 2.12. The maximum absolute atomic E-state index is 12.3. The summed E-state index contributed by atoms with van der Waals surface area (Å²) in [4.78, 5) is 16.3. The molecule has 3 aromatic rings. The number of halogens is 1. The molecule has 2 heterocycles. The summed E-state index contributed by atoms with van der Waals surface area (Å²) in [5.74, 6) is 0.235. The van der Waals surface area contributed by atoms with Crippen molar-refractivity contribution < 1.29 is 9.53 Å². The van der Waals surface area contributed by atoms with Crippen molar-refractivity contribution >= 4 is 23.2 Å². The number of nitrogens with one attached hydrogen (secondary N) is 2. The summed E-state index contributed by atoms with van der Waals surface area (Å²) in [5.41, 5.74) is 2.39. The van der Waals surface area contributed by atoms with Crippen LogP contribution in [-0.2, 0) is 0 Å². The molecular weight excluding hydrogens is 316 g/mol. The first kappa shape index (κ1) is 15.1. The van der Waals surface area contributed by atoms with Crippen LogP contribution in [0.4, 0.5) is 5.69 Å². The number of carbonyl (C=O) groups excluding carboxylic acids is 1. The van der Waals surface area contributed by atoms with Gasteiger partial charge in [0.25, 0.3) is 5.91 Å². The number of nitrogens with zero attached hydrogens (tertiary/aromatic N) is 2. The topological polar surface area (TPSA) is 79.9 Å². The Hall–Kier alpha value is -2.86. The first-order valence-corrected chi connectivity index (χ1v) is 7.16. The molecule has 2 N–H and O–H groups in total. The number of hydrogen-bond acceptors (Lipinski definition) is 4. The van der Waals surface area contributed by atoms with Gasteiger partial charge in [-0.1, -0.05) is 11.6 Å². The van der Waals surface area contributed by atoms with Gasteiger partial charge in [0.05, 0.1) is 17.8 Å². The highest BCUT2D eigenvalue weighted by atomic mass is 35.5. The second-order valence-corrected chi connectivity index (χ2v) is 5.12. The van der Waals surface area contributed by atoms with Crippen molar-refractivity contribution in [2.24, 2.45) is 0 Å². The third-order valence-electron chi connectivity index (χ3n) is 3.19. The van der Waals surface area contributed by atoms with E-state index in [0.717, 1.165) is 5.56 Å². The number of H-pyrrole nitrogens is 1. The van der Waals surface area contributed by atoms with Crippen molar-refractivity contribution in [3.8, 4) is 17.0 Å². The van der Waals surface area contributed by atoms with Gasteiger partial charge in [0.1, 0.15) is 11.4 Å². The van der Waals surface area contributed by atoms with Gasteiger partial charge in [0.2, 0.25) is 0 Å². The van der Waals surface area contributed by atoms with E-state index in [9.17, 15) is 4.79 Å². The summed E-state index contributed by atoms with van der Waals surface area (Å²) in [5, 5.41) is 10.0. The van der Waals surface area contributed by atoms with Gasteiger partial charge in [-0.05, 0) is 36.4 Å². The van der Waals surface area contributed by atoms with Gasteiger partial charge >= 0.3 is 0 Å². The zero-order valence-corrected chi connectivity index (χ0v) is 13.0. The third-order valence-corrected chi connectivity index (χ3v) is 3.48. The highest BCUT2D eigenvalue weighted by Crippen LogP contribution is 2.27. The second kappa shape index (κ2) is 6.50. The summed E-state index contributed by atoms with van der Waals surface area (Å²) in [7, 11) is 1.53. The molecule has 1 aromatic carbocycles. The maximum atomic E-state index is 12.3. The fourth-order valence-corrected chi connectivity index (χ4v) is 2.30. The average molecular weight is 329 g/mol. The SMILES string of the molecule is COc1ccc(NC(=O)c2cc(-c3cccnc3)n[nH]2)cc1Cl. The number of amides is 1. The van der Waals surface area contributed by atoms with Gasteiger partial charge in [0, 0.05) is 23.6 Å². The first-order valence-electron chi connectivity index (χ1n) is 6.78. The van der Waals surface area contributed by atoms with Crippen LogP contribution >= 0.6 is 11.6 Å². The minimum absolute atomic E-state index is 0.311. The van der Waals surface area contributed by atoms with Crippen molar-refractivity contribution in [3.05, 3.63) is 59.5 Å². The van der Waals surface area contributed by atoms with Crippen LogP contribution < -0.4 is 10.1 Å². The van der Waals surface area contributed by atoms with E-state index >= 15 is 0 Å². The number of pyridine rings is 1. The van der Waals surface area contributed by atoms with Crippen molar-refractivity contribution in [1.29, 1.82) is 0 Å². The Labute approximate surface area is 137 Å². The number of hydrogen-bond donors (Lipinski definition) is 2. The largest absolute Gasteiger partial charge is 0.495 e. The van der Waals surface area contributed by atoms with Gasteiger partial charge in [-0.25, -0.2) is 0 Å². The molecule has 0 atom stereocenters. The van der Waals surface area contributed by atoms with Crippen molar-refractivity contribution in [2.45, 2.75) is 0 Å². The number of carbonyl (C=O) groups is 1. The predicted octanol–water partition coefficient (Wildman–Crippen LogP) is 3.39. The Bertz CT molecular complexity index is 833. The Morgan fingerprint density at radius 2 is 2.17 bits per heavy atom. The summed E-state index contributed by atoms with van der Waals surface area (Å²) >= 11 is 6.04. The van der Waals surface area contributed by atoms with E-state index in [0.29, 0.717) is 27.8 Å². The highest BCUT2D eigenvalue weighted by molar-refractivity contribution is 6.32. The molecule has 6 nitrogen and oxygen atoms in total. The molecule has 0 saturated carbocycles. The summed E-state index contributed by atoms with van der Waals surface area (Å²) in [6.07, 6.45) is 3.36. The second-order valence-electron chi connectivity index (χ2n) is 4.71. The molecule has 0 saturated heterocycles. The molecule has 2 aromatic heterocycles. The molecule has 0 aliphatic carbocycles. The quantitative estimate of drug-likeness (QED) is 0.769. The van der Waals surface area contributed by atoms with E-state index in [1.165, 1.54) is 7.11 Å². The van der Waals surface area contributed by atoms with Crippen molar-refractivity contribution in [1.82, 2.24) is 15.2 Å². The van der Waals surface area contributed by atoms with Crippen LogP contribution in [0.2, 0.25) is 5.02 Å². The third kappa shape index (κ3) is 3.32. The van der Waals surface area contributed by atoms with Crippen LogP contribution in [0.1, 0.15) is 10.5 Å². The van der Waals surface area contributed by atoms with E-state index in [1.807, 2.05) is 12.1 Å². The van der Waals surface area contributed by atoms with Gasteiger partial charge in [-0.15, -0.1) is 0 Å². The average Bonchev–Trinajstić information content (AvgIpc) is 3.06. The maximum Gasteiger partial charge on any atom is 0.273 e. The number of rotatable bonds is 4. The number of methoxy groups -OCH3 is 1. The number of aromatic nitrogens is 3. The minimum atomic E-state index is -0.311. The fourth-order valence-electron chi connectivity index (χ4n) is 2.04. The lowest BCUT2D eigenvalue weighted by molar-refractivity contribution is 0.102. The van der Waals surface area contributed by atoms with Crippen LogP contribution in [0.3, 0.4) is 0 Å². The van der Waals surface area contributed by atoms with Crippen molar-refractivity contribution in [3.63, 3.8) is 0 Å². The normalized spacial score (nSPS) is 10.3. The summed E-state index contributed by atoms with van der Waals surface area (Å²) < 4.78 is 5.08. The number of benzene rings is 1. The lowest BCUT2D eigenvalue weighted by Crippen LogP contribution is -2.12. The number of ether oxygens (including phenoxy) is 1. The van der Waals surface area contributed by atoms with E-state index in [-0.39, 0.29) is 5.91 Å². The molecule has 0 unspecified atom stereocenters. The molecule has 0 radical (unpaired) electrons. The standard InChI is InChI=1S/C16H13ClN4O2/c1-23-15-5-4-11(7-12(15)17)19-16(22)14-8-13(20-21-14)10-3-2-6-18-9-10/h2-9H,1H3,(H,19,22)(H,20,21). The van der Waals surface area contributed by atoms with Crippen LogP contribution in [-0.4, -0.2) is 28.2 Å². The molecule has 0 aliphatic heterocycles. The molecule has 7 heteroatoms.